The highest BCUT2D eigenvalue weighted by Crippen LogP contribution is 2.29. The maximum atomic E-state index is 5.84. The first-order chi connectivity index (χ1) is 9.65. The molecule has 0 radical (unpaired) electrons. The summed E-state index contributed by atoms with van der Waals surface area (Å²) in [5.41, 5.74) is 16.6. The van der Waals surface area contributed by atoms with Crippen LogP contribution in [0.5, 0.6) is 0 Å². The number of anilines is 2. The molecule has 2 aromatic heterocycles. The lowest BCUT2D eigenvalue weighted by Crippen LogP contribution is -1.90. The van der Waals surface area contributed by atoms with E-state index in [-0.39, 0.29) is 0 Å². The van der Waals surface area contributed by atoms with E-state index in [9.17, 15) is 0 Å². The summed E-state index contributed by atoms with van der Waals surface area (Å²) in [4.78, 5) is 8.30. The van der Waals surface area contributed by atoms with Crippen LogP contribution in [-0.2, 0) is 0 Å². The fraction of sp³-hybridized carbons (Fsp3) is 0.0667. The SMILES string of the molecule is Cc1ccc(N)cc1C=Cc1csc2c(N)ncnc12. The average Bonchev–Trinajstić information content (AvgIpc) is 2.85. The molecule has 5 heteroatoms. The number of aromatic nitrogens is 2. The van der Waals surface area contributed by atoms with Crippen molar-refractivity contribution in [1.29, 1.82) is 0 Å². The molecule has 3 aromatic rings. The second-order valence-electron chi connectivity index (χ2n) is 4.58. The van der Waals surface area contributed by atoms with Gasteiger partial charge in [-0.25, -0.2) is 9.97 Å². The van der Waals surface area contributed by atoms with Gasteiger partial charge >= 0.3 is 0 Å². The van der Waals surface area contributed by atoms with Gasteiger partial charge in [0, 0.05) is 16.6 Å². The highest BCUT2D eigenvalue weighted by atomic mass is 32.1. The Morgan fingerprint density at radius 2 is 1.90 bits per heavy atom. The van der Waals surface area contributed by atoms with Gasteiger partial charge in [-0.05, 0) is 30.2 Å². The molecule has 0 aliphatic carbocycles. The maximum Gasteiger partial charge on any atom is 0.144 e. The second kappa shape index (κ2) is 4.94. The molecule has 0 aliphatic rings. The van der Waals surface area contributed by atoms with Gasteiger partial charge in [0.05, 0.1) is 10.2 Å². The lowest BCUT2D eigenvalue weighted by Gasteiger charge is -2.01. The summed E-state index contributed by atoms with van der Waals surface area (Å²) in [6.07, 6.45) is 5.58. The Hall–Kier alpha value is -2.40. The molecule has 100 valence electrons. The summed E-state index contributed by atoms with van der Waals surface area (Å²) in [5.74, 6) is 0.528. The Labute approximate surface area is 120 Å². The molecule has 0 saturated heterocycles. The van der Waals surface area contributed by atoms with Crippen LogP contribution in [0.1, 0.15) is 16.7 Å². The van der Waals surface area contributed by atoms with Crippen LogP contribution < -0.4 is 11.5 Å². The molecular weight excluding hydrogens is 268 g/mol. The second-order valence-corrected chi connectivity index (χ2v) is 5.46. The number of nitrogens with two attached hydrogens (primary N) is 2. The van der Waals surface area contributed by atoms with Gasteiger partial charge in [0.1, 0.15) is 12.1 Å². The van der Waals surface area contributed by atoms with Crippen molar-refractivity contribution in [3.8, 4) is 0 Å². The van der Waals surface area contributed by atoms with E-state index < -0.39 is 0 Å². The van der Waals surface area contributed by atoms with Crippen LogP contribution in [-0.4, -0.2) is 9.97 Å². The van der Waals surface area contributed by atoms with Crippen LogP contribution in [0.25, 0.3) is 22.4 Å². The molecule has 2 heterocycles. The first-order valence-corrected chi connectivity index (χ1v) is 7.05. The predicted octanol–water partition coefficient (Wildman–Crippen LogP) is 3.33. The molecule has 1 aromatic carbocycles. The van der Waals surface area contributed by atoms with Gasteiger partial charge in [0.2, 0.25) is 0 Å². The maximum absolute atomic E-state index is 5.84. The molecule has 0 unspecified atom stereocenters. The van der Waals surface area contributed by atoms with Gasteiger partial charge in [-0.1, -0.05) is 18.2 Å². The summed E-state index contributed by atoms with van der Waals surface area (Å²) in [7, 11) is 0. The fourth-order valence-electron chi connectivity index (χ4n) is 2.02. The number of fused-ring (bicyclic) bond motifs is 1. The number of nitrogens with zero attached hydrogens (tertiary/aromatic N) is 2. The van der Waals surface area contributed by atoms with Gasteiger partial charge in [-0.2, -0.15) is 0 Å². The first-order valence-electron chi connectivity index (χ1n) is 6.17. The van der Waals surface area contributed by atoms with Crippen molar-refractivity contribution in [3.63, 3.8) is 0 Å². The van der Waals surface area contributed by atoms with Crippen molar-refractivity contribution >= 4 is 45.2 Å². The quantitative estimate of drug-likeness (QED) is 0.707. The molecule has 4 nitrogen and oxygen atoms in total. The third-order valence-corrected chi connectivity index (χ3v) is 4.16. The van der Waals surface area contributed by atoms with Crippen molar-refractivity contribution < 1.29 is 0 Å². The first kappa shape index (κ1) is 12.6. The van der Waals surface area contributed by atoms with Crippen molar-refractivity contribution in [2.75, 3.05) is 11.5 Å². The number of nitrogen functional groups attached to an aromatic ring is 2. The predicted molar refractivity (Wildman–Crippen MR) is 86.3 cm³/mol. The van der Waals surface area contributed by atoms with Crippen molar-refractivity contribution in [1.82, 2.24) is 9.97 Å². The molecule has 0 fully saturated rings. The van der Waals surface area contributed by atoms with Crippen molar-refractivity contribution in [2.45, 2.75) is 6.92 Å². The molecule has 4 N–H and O–H groups in total. The van der Waals surface area contributed by atoms with Gasteiger partial charge in [0.15, 0.2) is 0 Å². The molecule has 0 bridgehead atoms. The zero-order valence-corrected chi connectivity index (χ0v) is 11.8. The van der Waals surface area contributed by atoms with Crippen molar-refractivity contribution in [3.05, 3.63) is 46.6 Å². The van der Waals surface area contributed by atoms with E-state index in [0.29, 0.717) is 5.82 Å². The van der Waals surface area contributed by atoms with Crippen LogP contribution in [0, 0.1) is 6.92 Å². The monoisotopic (exact) mass is 282 g/mol. The van der Waals surface area contributed by atoms with E-state index in [0.717, 1.165) is 27.0 Å². The van der Waals surface area contributed by atoms with Gasteiger partial charge < -0.3 is 11.5 Å². The summed E-state index contributed by atoms with van der Waals surface area (Å²) in [6.45, 7) is 2.06. The highest BCUT2D eigenvalue weighted by Gasteiger charge is 2.06. The number of hydrogen-bond donors (Lipinski definition) is 2. The molecule has 0 atom stereocenters. The lowest BCUT2D eigenvalue weighted by molar-refractivity contribution is 1.24. The largest absolute Gasteiger partial charge is 0.399 e. The van der Waals surface area contributed by atoms with Crippen LogP contribution in [0.15, 0.2) is 29.9 Å². The van der Waals surface area contributed by atoms with E-state index >= 15 is 0 Å². The topological polar surface area (TPSA) is 77.8 Å². The van der Waals surface area contributed by atoms with Crippen molar-refractivity contribution in [2.24, 2.45) is 0 Å². The normalized spacial score (nSPS) is 11.4. The van der Waals surface area contributed by atoms with E-state index in [4.69, 9.17) is 11.5 Å². The van der Waals surface area contributed by atoms with Gasteiger partial charge in [-0.3, -0.25) is 0 Å². The number of benzene rings is 1. The number of aryl methyl sites for hydroxylation is 1. The molecule has 20 heavy (non-hydrogen) atoms. The summed E-state index contributed by atoms with van der Waals surface area (Å²) >= 11 is 1.56. The third kappa shape index (κ3) is 2.23. The Balaban J connectivity index is 2.03. The molecule has 0 spiro atoms. The standard InChI is InChI=1S/C15H14N4S/c1-9-2-5-12(16)6-10(9)3-4-11-7-20-14-13(11)18-8-19-15(14)17/h2-8H,16H2,1H3,(H2,17,18,19). The Kier molecular flexibility index (Phi) is 3.12. The molecular formula is C15H14N4S. The number of hydrogen-bond acceptors (Lipinski definition) is 5. The van der Waals surface area contributed by atoms with Crippen LogP contribution in [0.2, 0.25) is 0 Å². The zero-order chi connectivity index (χ0) is 14.1. The summed E-state index contributed by atoms with van der Waals surface area (Å²) < 4.78 is 0.927. The Bertz CT molecular complexity index is 805. The number of rotatable bonds is 2. The Morgan fingerprint density at radius 1 is 1.10 bits per heavy atom. The number of thiophene rings is 1. The van der Waals surface area contributed by atoms with Crippen LogP contribution in [0.3, 0.4) is 0 Å². The molecule has 0 aliphatic heterocycles. The lowest BCUT2D eigenvalue weighted by atomic mass is 10.1. The van der Waals surface area contributed by atoms with Crippen LogP contribution >= 0.6 is 11.3 Å². The molecule has 0 amide bonds. The third-order valence-electron chi connectivity index (χ3n) is 3.15. The smallest absolute Gasteiger partial charge is 0.144 e. The highest BCUT2D eigenvalue weighted by molar-refractivity contribution is 7.18. The summed E-state index contributed by atoms with van der Waals surface area (Å²) in [6, 6.07) is 5.88. The van der Waals surface area contributed by atoms with E-state index in [2.05, 4.69) is 16.9 Å². The van der Waals surface area contributed by atoms with E-state index in [1.54, 1.807) is 11.3 Å². The average molecular weight is 282 g/mol. The van der Waals surface area contributed by atoms with Gasteiger partial charge in [-0.15, -0.1) is 11.3 Å². The Morgan fingerprint density at radius 3 is 2.75 bits per heavy atom. The van der Waals surface area contributed by atoms with E-state index in [1.165, 1.54) is 11.9 Å². The minimum Gasteiger partial charge on any atom is -0.399 e. The van der Waals surface area contributed by atoms with E-state index in [1.807, 2.05) is 35.7 Å². The molecule has 0 saturated carbocycles. The minimum absolute atomic E-state index is 0.528. The summed E-state index contributed by atoms with van der Waals surface area (Å²) in [5, 5.41) is 2.04. The fourth-order valence-corrected chi connectivity index (χ4v) is 2.91. The minimum atomic E-state index is 0.528. The zero-order valence-electron chi connectivity index (χ0n) is 11.0. The van der Waals surface area contributed by atoms with Gasteiger partial charge in [0.25, 0.3) is 0 Å². The molecule has 3 rings (SSSR count). The van der Waals surface area contributed by atoms with Crippen LogP contribution in [0.4, 0.5) is 11.5 Å².